The number of unbranched alkanes of at least 4 members (excludes halogenated alkanes) is 1. The summed E-state index contributed by atoms with van der Waals surface area (Å²) in [5.74, 6) is -0.00534. The molecule has 0 saturated heterocycles. The molecule has 1 aliphatic carbocycles. The lowest BCUT2D eigenvalue weighted by atomic mass is 9.63. The van der Waals surface area contributed by atoms with Crippen LogP contribution in [0.1, 0.15) is 49.1 Å². The minimum absolute atomic E-state index is 0.00534. The van der Waals surface area contributed by atoms with E-state index < -0.39 is 5.41 Å². The fourth-order valence-corrected chi connectivity index (χ4v) is 4.91. The van der Waals surface area contributed by atoms with Crippen LogP contribution >= 0.6 is 0 Å². The SMILES string of the molecule is CON1C(=O)C2(Cc3cnc(CCCCO)cc3C2(C)C)c2ccccc21. The molecule has 0 fully saturated rings. The van der Waals surface area contributed by atoms with Gasteiger partial charge in [-0.1, -0.05) is 32.0 Å². The highest BCUT2D eigenvalue weighted by molar-refractivity contribution is 6.08. The van der Waals surface area contributed by atoms with Crippen LogP contribution in [0.4, 0.5) is 5.69 Å². The van der Waals surface area contributed by atoms with Gasteiger partial charge in [-0.25, -0.2) is 0 Å². The van der Waals surface area contributed by atoms with E-state index >= 15 is 0 Å². The van der Waals surface area contributed by atoms with Gasteiger partial charge in [0, 0.05) is 23.9 Å². The Balaban J connectivity index is 1.81. The number of aliphatic hydroxyl groups is 1. The first kappa shape index (κ1) is 18.1. The molecule has 1 unspecified atom stereocenters. The maximum atomic E-state index is 13.6. The third-order valence-electron chi connectivity index (χ3n) is 6.39. The van der Waals surface area contributed by atoms with Crippen molar-refractivity contribution >= 4 is 11.6 Å². The number of para-hydroxylation sites is 1. The van der Waals surface area contributed by atoms with E-state index in [1.807, 2.05) is 24.4 Å². The van der Waals surface area contributed by atoms with Gasteiger partial charge >= 0.3 is 0 Å². The van der Waals surface area contributed by atoms with Crippen LogP contribution < -0.4 is 5.06 Å². The normalized spacial score (nSPS) is 22.4. The third kappa shape index (κ3) is 2.38. The molecular formula is C22H26N2O3. The van der Waals surface area contributed by atoms with Crippen LogP contribution in [-0.4, -0.2) is 29.7 Å². The maximum absolute atomic E-state index is 13.6. The number of hydrogen-bond acceptors (Lipinski definition) is 4. The monoisotopic (exact) mass is 366 g/mol. The number of fused-ring (bicyclic) bond motifs is 3. The fourth-order valence-electron chi connectivity index (χ4n) is 4.91. The number of carbonyl (C=O) groups is 1. The highest BCUT2D eigenvalue weighted by Crippen LogP contribution is 2.59. The Morgan fingerprint density at radius 1 is 1.22 bits per heavy atom. The second-order valence-electron chi connectivity index (χ2n) is 8.02. The summed E-state index contributed by atoms with van der Waals surface area (Å²) in [4.78, 5) is 23.6. The van der Waals surface area contributed by atoms with E-state index in [0.29, 0.717) is 6.42 Å². The van der Waals surface area contributed by atoms with Crippen LogP contribution in [0, 0.1) is 0 Å². The number of aromatic nitrogens is 1. The number of anilines is 1. The van der Waals surface area contributed by atoms with Gasteiger partial charge in [0.15, 0.2) is 0 Å². The third-order valence-corrected chi connectivity index (χ3v) is 6.39. The molecule has 1 N–H and O–H groups in total. The topological polar surface area (TPSA) is 62.7 Å². The molecule has 0 radical (unpaired) electrons. The standard InChI is InChI=1S/C22H26N2O3/c1-21(2)18-12-16(8-6-7-11-25)23-14-15(18)13-22(21)17-9-4-5-10-19(17)24(27-3)20(22)26/h4-5,9-10,12,14,25H,6-8,11,13H2,1-3H3. The van der Waals surface area contributed by atoms with Gasteiger partial charge in [0.25, 0.3) is 5.91 Å². The average Bonchev–Trinajstić information content (AvgIpc) is 3.05. The Hall–Kier alpha value is -2.24. The maximum Gasteiger partial charge on any atom is 0.262 e. The molecule has 1 aliphatic heterocycles. The molecule has 2 aromatic rings. The van der Waals surface area contributed by atoms with E-state index in [9.17, 15) is 4.79 Å². The Morgan fingerprint density at radius 2 is 2.00 bits per heavy atom. The summed E-state index contributed by atoms with van der Waals surface area (Å²) >= 11 is 0. The lowest BCUT2D eigenvalue weighted by molar-refractivity contribution is -0.130. The van der Waals surface area contributed by atoms with Crippen LogP contribution in [0.15, 0.2) is 36.5 Å². The summed E-state index contributed by atoms with van der Waals surface area (Å²) in [6.07, 6.45) is 5.10. The Kier molecular flexibility index (Phi) is 4.32. The number of nitrogens with zero attached hydrogens (tertiary/aromatic N) is 2. The summed E-state index contributed by atoms with van der Waals surface area (Å²) < 4.78 is 0. The zero-order valence-electron chi connectivity index (χ0n) is 16.2. The predicted molar refractivity (Wildman–Crippen MR) is 104 cm³/mol. The number of carbonyl (C=O) groups excluding carboxylic acids is 1. The molecule has 1 amide bonds. The van der Waals surface area contributed by atoms with Crippen molar-refractivity contribution in [3.05, 3.63) is 58.9 Å². The van der Waals surface area contributed by atoms with Gasteiger partial charge in [0.05, 0.1) is 18.2 Å². The molecule has 2 heterocycles. The highest BCUT2D eigenvalue weighted by Gasteiger charge is 2.64. The van der Waals surface area contributed by atoms with E-state index in [2.05, 4.69) is 31.0 Å². The van der Waals surface area contributed by atoms with Gasteiger partial charge in [-0.3, -0.25) is 14.6 Å². The minimum atomic E-state index is -0.673. The molecule has 0 bridgehead atoms. The molecule has 0 saturated carbocycles. The molecule has 1 atom stereocenters. The Labute approximate surface area is 159 Å². The summed E-state index contributed by atoms with van der Waals surface area (Å²) in [5.41, 5.74) is 4.16. The molecule has 27 heavy (non-hydrogen) atoms. The van der Waals surface area contributed by atoms with Gasteiger partial charge in [-0.2, -0.15) is 5.06 Å². The summed E-state index contributed by atoms with van der Waals surface area (Å²) in [6.45, 7) is 4.52. The number of hydrogen-bond donors (Lipinski definition) is 1. The lowest BCUT2D eigenvalue weighted by Gasteiger charge is -2.37. The van der Waals surface area contributed by atoms with Crippen molar-refractivity contribution in [2.75, 3.05) is 18.8 Å². The molecule has 1 spiro atoms. The van der Waals surface area contributed by atoms with Crippen LogP contribution in [0.3, 0.4) is 0 Å². The summed E-state index contributed by atoms with van der Waals surface area (Å²) in [7, 11) is 1.55. The van der Waals surface area contributed by atoms with Gasteiger partial charge < -0.3 is 5.11 Å². The van der Waals surface area contributed by atoms with Crippen molar-refractivity contribution in [3.8, 4) is 0 Å². The first-order valence-corrected chi connectivity index (χ1v) is 9.54. The summed E-state index contributed by atoms with van der Waals surface area (Å²) in [6, 6.07) is 10.1. The van der Waals surface area contributed by atoms with E-state index in [-0.39, 0.29) is 17.9 Å². The molecule has 1 aromatic carbocycles. The second kappa shape index (κ2) is 6.43. The number of aryl methyl sites for hydroxylation is 1. The van der Waals surface area contributed by atoms with Crippen LogP contribution in [0.2, 0.25) is 0 Å². The number of hydroxylamine groups is 1. The fraction of sp³-hybridized carbons (Fsp3) is 0.455. The zero-order valence-corrected chi connectivity index (χ0v) is 16.2. The van der Waals surface area contributed by atoms with Crippen LogP contribution in [-0.2, 0) is 33.3 Å². The highest BCUT2D eigenvalue weighted by atomic mass is 16.7. The number of benzene rings is 1. The second-order valence-corrected chi connectivity index (χ2v) is 8.02. The Bertz CT molecular complexity index is 893. The van der Waals surface area contributed by atoms with Crippen molar-refractivity contribution < 1.29 is 14.7 Å². The first-order chi connectivity index (χ1) is 13.0. The van der Waals surface area contributed by atoms with Gasteiger partial charge in [0.1, 0.15) is 0 Å². The summed E-state index contributed by atoms with van der Waals surface area (Å²) in [5, 5.41) is 10.5. The van der Waals surface area contributed by atoms with Gasteiger partial charge in [-0.05, 0) is 54.5 Å². The van der Waals surface area contributed by atoms with E-state index in [4.69, 9.17) is 9.94 Å². The molecule has 2 aliphatic rings. The smallest absolute Gasteiger partial charge is 0.262 e. The zero-order chi connectivity index (χ0) is 19.2. The number of rotatable bonds is 5. The Morgan fingerprint density at radius 3 is 2.74 bits per heavy atom. The number of amides is 1. The molecule has 5 nitrogen and oxygen atoms in total. The largest absolute Gasteiger partial charge is 0.396 e. The number of aliphatic hydroxyl groups excluding tert-OH is 1. The van der Waals surface area contributed by atoms with Crippen molar-refractivity contribution in [1.29, 1.82) is 0 Å². The van der Waals surface area contributed by atoms with E-state index in [1.165, 1.54) is 10.6 Å². The van der Waals surface area contributed by atoms with Crippen molar-refractivity contribution in [2.24, 2.45) is 0 Å². The minimum Gasteiger partial charge on any atom is -0.396 e. The molecule has 5 heteroatoms. The molecule has 4 rings (SSSR count). The van der Waals surface area contributed by atoms with Crippen molar-refractivity contribution in [3.63, 3.8) is 0 Å². The average molecular weight is 366 g/mol. The van der Waals surface area contributed by atoms with Gasteiger partial charge in [0.2, 0.25) is 0 Å². The van der Waals surface area contributed by atoms with Crippen LogP contribution in [0.5, 0.6) is 0 Å². The molecular weight excluding hydrogens is 340 g/mol. The molecule has 1 aromatic heterocycles. The van der Waals surface area contributed by atoms with Gasteiger partial charge in [-0.15, -0.1) is 0 Å². The first-order valence-electron chi connectivity index (χ1n) is 9.54. The number of pyridine rings is 1. The lowest BCUT2D eigenvalue weighted by Crippen LogP contribution is -2.50. The van der Waals surface area contributed by atoms with E-state index in [0.717, 1.165) is 41.8 Å². The van der Waals surface area contributed by atoms with Crippen molar-refractivity contribution in [1.82, 2.24) is 4.98 Å². The van der Waals surface area contributed by atoms with Crippen molar-refractivity contribution in [2.45, 2.75) is 50.4 Å². The quantitative estimate of drug-likeness (QED) is 0.826. The predicted octanol–water partition coefficient (Wildman–Crippen LogP) is 3.08. The van der Waals surface area contributed by atoms with E-state index in [1.54, 1.807) is 7.11 Å². The molecule has 142 valence electrons. The van der Waals surface area contributed by atoms with Crippen LogP contribution in [0.25, 0.3) is 0 Å².